The van der Waals surface area contributed by atoms with Crippen molar-refractivity contribution in [3.8, 4) is 5.88 Å². The van der Waals surface area contributed by atoms with E-state index >= 15 is 0 Å². The van der Waals surface area contributed by atoms with Crippen molar-refractivity contribution in [3.63, 3.8) is 0 Å². The molecule has 0 unspecified atom stereocenters. The largest absolute Gasteiger partial charge is 0.478 e. The molecule has 0 spiro atoms. The van der Waals surface area contributed by atoms with E-state index in [-0.39, 0.29) is 12.5 Å². The first-order chi connectivity index (χ1) is 8.18. The van der Waals surface area contributed by atoms with Crippen LogP contribution in [0, 0.1) is 5.82 Å². The minimum absolute atomic E-state index is 0.0139. The minimum Gasteiger partial charge on any atom is -0.478 e. The Kier molecular flexibility index (Phi) is 3.04. The molecular formula is C11H8FNO4. The number of carboxylic acid groups (broad SMARTS) is 1. The number of furan rings is 1. The van der Waals surface area contributed by atoms with Gasteiger partial charge in [0.25, 0.3) is 5.88 Å². The molecule has 0 fully saturated rings. The molecular weight excluding hydrogens is 229 g/mol. The summed E-state index contributed by atoms with van der Waals surface area (Å²) in [4.78, 5) is 14.3. The third-order valence-corrected chi connectivity index (χ3v) is 2.02. The van der Waals surface area contributed by atoms with E-state index in [1.54, 1.807) is 12.1 Å². The Morgan fingerprint density at radius 2 is 2.35 bits per heavy atom. The van der Waals surface area contributed by atoms with Crippen molar-refractivity contribution in [3.05, 3.63) is 47.8 Å². The van der Waals surface area contributed by atoms with Crippen LogP contribution >= 0.6 is 0 Å². The molecule has 0 aliphatic heterocycles. The molecule has 5 nitrogen and oxygen atoms in total. The van der Waals surface area contributed by atoms with Crippen LogP contribution in [0.2, 0.25) is 0 Å². The van der Waals surface area contributed by atoms with E-state index in [0.29, 0.717) is 5.76 Å². The Morgan fingerprint density at radius 1 is 1.53 bits per heavy atom. The molecule has 0 saturated heterocycles. The maximum atomic E-state index is 13.6. The quantitative estimate of drug-likeness (QED) is 0.881. The summed E-state index contributed by atoms with van der Waals surface area (Å²) in [5.41, 5.74) is -0.477. The molecule has 6 heteroatoms. The summed E-state index contributed by atoms with van der Waals surface area (Å²) in [6.45, 7) is -0.0139. The summed E-state index contributed by atoms with van der Waals surface area (Å²) in [7, 11) is 0. The molecule has 0 bridgehead atoms. The van der Waals surface area contributed by atoms with Crippen molar-refractivity contribution in [2.45, 2.75) is 6.61 Å². The molecule has 0 amide bonds. The van der Waals surface area contributed by atoms with Gasteiger partial charge in [-0.15, -0.1) is 0 Å². The summed E-state index contributed by atoms with van der Waals surface area (Å²) < 4.78 is 23.6. The summed E-state index contributed by atoms with van der Waals surface area (Å²) in [6.07, 6.45) is 2.63. The van der Waals surface area contributed by atoms with Gasteiger partial charge in [0.1, 0.15) is 17.9 Å². The van der Waals surface area contributed by atoms with Crippen molar-refractivity contribution in [1.82, 2.24) is 4.98 Å². The van der Waals surface area contributed by atoms with E-state index in [2.05, 4.69) is 4.98 Å². The van der Waals surface area contributed by atoms with Gasteiger partial charge in [-0.3, -0.25) is 0 Å². The van der Waals surface area contributed by atoms with Crippen LogP contribution in [0.1, 0.15) is 16.1 Å². The van der Waals surface area contributed by atoms with Crippen LogP contribution in [0.15, 0.2) is 35.1 Å². The maximum Gasteiger partial charge on any atom is 0.338 e. The lowest BCUT2D eigenvalue weighted by Crippen LogP contribution is -2.05. The van der Waals surface area contributed by atoms with Gasteiger partial charge in [-0.25, -0.2) is 14.2 Å². The monoisotopic (exact) mass is 237 g/mol. The highest BCUT2D eigenvalue weighted by Crippen LogP contribution is 2.18. The fourth-order valence-electron chi connectivity index (χ4n) is 1.22. The third kappa shape index (κ3) is 2.41. The predicted octanol–water partition coefficient (Wildman–Crippen LogP) is 2.09. The molecule has 0 saturated carbocycles. The summed E-state index contributed by atoms with van der Waals surface area (Å²) >= 11 is 0. The number of aromatic carboxylic acids is 1. The number of carboxylic acids is 1. The Morgan fingerprint density at radius 3 is 3.00 bits per heavy atom. The van der Waals surface area contributed by atoms with Crippen LogP contribution < -0.4 is 4.74 Å². The molecule has 1 N–H and O–H groups in total. The normalized spacial score (nSPS) is 10.2. The van der Waals surface area contributed by atoms with Crippen molar-refractivity contribution >= 4 is 5.97 Å². The van der Waals surface area contributed by atoms with Crippen LogP contribution in [0.4, 0.5) is 4.39 Å². The maximum absolute atomic E-state index is 13.6. The SMILES string of the molecule is O=C(O)c1ccnc(OCc2ccco2)c1F. The van der Waals surface area contributed by atoms with Crippen molar-refractivity contribution < 1.29 is 23.4 Å². The minimum atomic E-state index is -1.37. The van der Waals surface area contributed by atoms with E-state index in [4.69, 9.17) is 14.3 Å². The average Bonchev–Trinajstić information content (AvgIpc) is 2.80. The van der Waals surface area contributed by atoms with Gasteiger partial charge in [0.05, 0.1) is 6.26 Å². The Labute approximate surface area is 95.5 Å². The van der Waals surface area contributed by atoms with Crippen molar-refractivity contribution in [2.75, 3.05) is 0 Å². The molecule has 2 aromatic rings. The van der Waals surface area contributed by atoms with Crippen molar-refractivity contribution in [1.29, 1.82) is 0 Å². The zero-order valence-electron chi connectivity index (χ0n) is 8.59. The van der Waals surface area contributed by atoms with Gasteiger partial charge >= 0.3 is 5.97 Å². The molecule has 2 heterocycles. The molecule has 2 rings (SSSR count). The number of hydrogen-bond donors (Lipinski definition) is 1. The van der Waals surface area contributed by atoms with Gasteiger partial charge in [0, 0.05) is 6.20 Å². The fraction of sp³-hybridized carbons (Fsp3) is 0.0909. The molecule has 17 heavy (non-hydrogen) atoms. The van der Waals surface area contributed by atoms with E-state index in [1.807, 2.05) is 0 Å². The van der Waals surface area contributed by atoms with E-state index in [9.17, 15) is 9.18 Å². The van der Waals surface area contributed by atoms with Gasteiger partial charge in [0.2, 0.25) is 0 Å². The number of rotatable bonds is 4. The van der Waals surface area contributed by atoms with Gasteiger partial charge in [-0.1, -0.05) is 0 Å². The second kappa shape index (κ2) is 4.65. The molecule has 88 valence electrons. The molecule has 2 aromatic heterocycles. The van der Waals surface area contributed by atoms with E-state index in [0.717, 1.165) is 6.07 Å². The first kappa shape index (κ1) is 11.1. The highest BCUT2D eigenvalue weighted by atomic mass is 19.1. The van der Waals surface area contributed by atoms with Crippen LogP contribution in [0.5, 0.6) is 5.88 Å². The second-order valence-electron chi connectivity index (χ2n) is 3.15. The van der Waals surface area contributed by atoms with Crippen LogP contribution in [-0.2, 0) is 6.61 Å². The second-order valence-corrected chi connectivity index (χ2v) is 3.15. The number of pyridine rings is 1. The molecule has 0 aliphatic carbocycles. The lowest BCUT2D eigenvalue weighted by atomic mass is 10.2. The highest BCUT2D eigenvalue weighted by molar-refractivity contribution is 5.88. The van der Waals surface area contributed by atoms with Crippen LogP contribution in [-0.4, -0.2) is 16.1 Å². The summed E-state index contributed by atoms with van der Waals surface area (Å²) in [5, 5.41) is 8.70. The Bertz CT molecular complexity index is 524. The topological polar surface area (TPSA) is 72.6 Å². The first-order valence-electron chi connectivity index (χ1n) is 4.71. The third-order valence-electron chi connectivity index (χ3n) is 2.02. The van der Waals surface area contributed by atoms with Gasteiger partial charge in [0.15, 0.2) is 5.82 Å². The van der Waals surface area contributed by atoms with Gasteiger partial charge in [-0.05, 0) is 18.2 Å². The molecule has 0 aromatic carbocycles. The number of halogens is 1. The van der Waals surface area contributed by atoms with E-state index in [1.165, 1.54) is 12.5 Å². The number of ether oxygens (including phenoxy) is 1. The smallest absolute Gasteiger partial charge is 0.338 e. The van der Waals surface area contributed by atoms with E-state index < -0.39 is 17.3 Å². The van der Waals surface area contributed by atoms with Crippen molar-refractivity contribution in [2.24, 2.45) is 0 Å². The molecule has 0 atom stereocenters. The van der Waals surface area contributed by atoms with Gasteiger partial charge < -0.3 is 14.3 Å². The summed E-state index contributed by atoms with van der Waals surface area (Å²) in [6, 6.07) is 4.38. The zero-order valence-corrected chi connectivity index (χ0v) is 8.59. The Hall–Kier alpha value is -2.37. The standard InChI is InChI=1S/C11H8FNO4/c12-9-8(11(14)15)3-4-13-10(9)17-6-7-2-1-5-16-7/h1-5H,6H2,(H,14,15). The van der Waals surface area contributed by atoms with Crippen LogP contribution in [0.25, 0.3) is 0 Å². The zero-order chi connectivity index (χ0) is 12.3. The highest BCUT2D eigenvalue weighted by Gasteiger charge is 2.16. The average molecular weight is 237 g/mol. The van der Waals surface area contributed by atoms with Crippen LogP contribution in [0.3, 0.4) is 0 Å². The number of nitrogens with zero attached hydrogens (tertiary/aromatic N) is 1. The predicted molar refractivity (Wildman–Crippen MR) is 54.2 cm³/mol. The molecule has 0 radical (unpaired) electrons. The van der Waals surface area contributed by atoms with Gasteiger partial charge in [-0.2, -0.15) is 0 Å². The first-order valence-corrected chi connectivity index (χ1v) is 4.71. The number of aromatic nitrogens is 1. The number of carbonyl (C=O) groups is 1. The Balaban J connectivity index is 2.16. The fourth-order valence-corrected chi connectivity index (χ4v) is 1.22. The lowest BCUT2D eigenvalue weighted by Gasteiger charge is -2.05. The number of hydrogen-bond acceptors (Lipinski definition) is 4. The molecule has 0 aliphatic rings. The summed E-state index contributed by atoms with van der Waals surface area (Å²) in [5.74, 6) is -2.23. The lowest BCUT2D eigenvalue weighted by molar-refractivity contribution is 0.0690.